The van der Waals surface area contributed by atoms with Crippen LogP contribution in [0, 0.1) is 20.8 Å². The molecule has 23 heavy (non-hydrogen) atoms. The highest BCUT2D eigenvalue weighted by Crippen LogP contribution is 2.25. The summed E-state index contributed by atoms with van der Waals surface area (Å²) in [5.41, 5.74) is 5.00. The van der Waals surface area contributed by atoms with Gasteiger partial charge in [0.1, 0.15) is 5.82 Å². The van der Waals surface area contributed by atoms with E-state index < -0.39 is 0 Å². The van der Waals surface area contributed by atoms with E-state index in [9.17, 15) is 0 Å². The molecule has 1 fully saturated rings. The van der Waals surface area contributed by atoms with Crippen molar-refractivity contribution in [3.05, 3.63) is 34.9 Å². The van der Waals surface area contributed by atoms with E-state index in [-0.39, 0.29) is 0 Å². The van der Waals surface area contributed by atoms with Crippen LogP contribution in [0.2, 0.25) is 0 Å². The van der Waals surface area contributed by atoms with Crippen molar-refractivity contribution in [3.8, 4) is 0 Å². The quantitative estimate of drug-likeness (QED) is 0.944. The first-order valence-electron chi connectivity index (χ1n) is 8.46. The molecule has 1 saturated heterocycles. The molecule has 0 spiro atoms. The molecule has 3 rings (SSSR count). The fourth-order valence-electron chi connectivity index (χ4n) is 3.33. The van der Waals surface area contributed by atoms with Crippen molar-refractivity contribution in [1.29, 1.82) is 0 Å². The van der Waals surface area contributed by atoms with Crippen LogP contribution in [-0.4, -0.2) is 61.1 Å². The molecule has 1 aliphatic rings. The van der Waals surface area contributed by atoms with Gasteiger partial charge in [-0.15, -0.1) is 0 Å². The van der Waals surface area contributed by atoms with Crippen LogP contribution >= 0.6 is 0 Å². The number of nitrogens with zero attached hydrogens (tertiary/aromatic N) is 3. The number of piperazine rings is 1. The van der Waals surface area contributed by atoms with Gasteiger partial charge in [0, 0.05) is 37.6 Å². The van der Waals surface area contributed by atoms with Gasteiger partial charge in [-0.05, 0) is 57.6 Å². The average Bonchev–Trinajstić information content (AvgIpc) is 2.52. The molecule has 0 saturated carbocycles. The Morgan fingerprint density at radius 1 is 1.13 bits per heavy atom. The number of aromatic nitrogens is 1. The van der Waals surface area contributed by atoms with Crippen molar-refractivity contribution < 1.29 is 0 Å². The molecule has 1 N–H and O–H groups in total. The molecule has 0 aliphatic carbocycles. The van der Waals surface area contributed by atoms with Crippen LogP contribution in [0.1, 0.15) is 16.7 Å². The molecule has 124 valence electrons. The van der Waals surface area contributed by atoms with Gasteiger partial charge in [-0.3, -0.25) is 4.90 Å². The predicted octanol–water partition coefficient (Wildman–Crippen LogP) is 2.82. The zero-order chi connectivity index (χ0) is 16.6. The molecule has 4 heteroatoms. The highest BCUT2D eigenvalue weighted by Gasteiger charge is 2.21. The second kappa shape index (κ2) is 6.46. The van der Waals surface area contributed by atoms with Crippen molar-refractivity contribution in [2.24, 2.45) is 0 Å². The normalized spacial score (nSPS) is 20.1. The molecular weight excluding hydrogens is 284 g/mol. The second-order valence-corrected chi connectivity index (χ2v) is 7.01. The lowest BCUT2D eigenvalue weighted by molar-refractivity contribution is 0.122. The molecule has 1 unspecified atom stereocenters. The van der Waals surface area contributed by atoms with E-state index in [0.717, 1.165) is 37.5 Å². The number of nitrogens with one attached hydrogen (secondary N) is 1. The summed E-state index contributed by atoms with van der Waals surface area (Å²) in [5.74, 6) is 0.991. The average molecular weight is 312 g/mol. The fraction of sp³-hybridized carbons (Fsp3) is 0.526. The number of likely N-dealkylation sites (N-methyl/N-ethyl adjacent to an activating group) is 2. The standard InChI is InChI=1S/C19H28N4/c1-13-6-7-17-14(2)10-18(21-19(17)15(13)3)20-11-16-12-22(4)8-9-23(16)5/h6-7,10,16H,8-9,11-12H2,1-5H3,(H,20,21). The number of anilines is 1. The Morgan fingerprint density at radius 2 is 1.91 bits per heavy atom. The van der Waals surface area contributed by atoms with Crippen molar-refractivity contribution in [2.45, 2.75) is 26.8 Å². The highest BCUT2D eigenvalue weighted by atomic mass is 15.3. The maximum atomic E-state index is 4.88. The first kappa shape index (κ1) is 16.2. The molecule has 0 bridgehead atoms. The van der Waals surface area contributed by atoms with Crippen molar-refractivity contribution >= 4 is 16.7 Å². The lowest BCUT2D eigenvalue weighted by atomic mass is 10.0. The molecule has 2 aromatic rings. The topological polar surface area (TPSA) is 31.4 Å². The Morgan fingerprint density at radius 3 is 2.70 bits per heavy atom. The van der Waals surface area contributed by atoms with Crippen molar-refractivity contribution in [3.63, 3.8) is 0 Å². The molecule has 1 aromatic carbocycles. The lowest BCUT2D eigenvalue weighted by Gasteiger charge is -2.37. The van der Waals surface area contributed by atoms with E-state index in [4.69, 9.17) is 4.98 Å². The van der Waals surface area contributed by atoms with E-state index in [2.05, 4.69) is 68.2 Å². The SMILES string of the molecule is Cc1ccc2c(C)cc(NCC3CN(C)CCN3C)nc2c1C. The van der Waals surface area contributed by atoms with Crippen molar-refractivity contribution in [1.82, 2.24) is 14.8 Å². The zero-order valence-corrected chi connectivity index (χ0v) is 15.0. The minimum atomic E-state index is 0.533. The Hall–Kier alpha value is -1.65. The molecule has 2 heterocycles. The first-order chi connectivity index (χ1) is 11.0. The summed E-state index contributed by atoms with van der Waals surface area (Å²) in [4.78, 5) is 9.72. The van der Waals surface area contributed by atoms with E-state index in [0.29, 0.717) is 6.04 Å². The van der Waals surface area contributed by atoms with Gasteiger partial charge in [0.05, 0.1) is 5.52 Å². The van der Waals surface area contributed by atoms with Crippen LogP contribution in [0.3, 0.4) is 0 Å². The van der Waals surface area contributed by atoms with Gasteiger partial charge in [-0.1, -0.05) is 12.1 Å². The predicted molar refractivity (Wildman–Crippen MR) is 98.4 cm³/mol. The monoisotopic (exact) mass is 312 g/mol. The number of fused-ring (bicyclic) bond motifs is 1. The maximum absolute atomic E-state index is 4.88. The van der Waals surface area contributed by atoms with Crippen LogP contribution in [0.5, 0.6) is 0 Å². The molecule has 1 atom stereocenters. The molecule has 1 aromatic heterocycles. The van der Waals surface area contributed by atoms with Gasteiger partial charge in [-0.2, -0.15) is 0 Å². The number of rotatable bonds is 3. The third kappa shape index (κ3) is 3.33. The Balaban J connectivity index is 1.82. The van der Waals surface area contributed by atoms with Gasteiger partial charge in [0.2, 0.25) is 0 Å². The van der Waals surface area contributed by atoms with Gasteiger partial charge >= 0.3 is 0 Å². The second-order valence-electron chi connectivity index (χ2n) is 7.01. The number of aryl methyl sites for hydroxylation is 3. The summed E-state index contributed by atoms with van der Waals surface area (Å²) in [6.45, 7) is 10.8. The minimum absolute atomic E-state index is 0.533. The van der Waals surface area contributed by atoms with Crippen LogP contribution < -0.4 is 5.32 Å². The van der Waals surface area contributed by atoms with Crippen LogP contribution in [0.15, 0.2) is 18.2 Å². The van der Waals surface area contributed by atoms with Gasteiger partial charge < -0.3 is 10.2 Å². The summed E-state index contributed by atoms with van der Waals surface area (Å²) in [5, 5.41) is 4.82. The van der Waals surface area contributed by atoms with E-state index in [1.807, 2.05) is 0 Å². The largest absolute Gasteiger partial charge is 0.368 e. The van der Waals surface area contributed by atoms with Crippen LogP contribution in [0.4, 0.5) is 5.82 Å². The van der Waals surface area contributed by atoms with Crippen LogP contribution in [-0.2, 0) is 0 Å². The van der Waals surface area contributed by atoms with Gasteiger partial charge in [0.15, 0.2) is 0 Å². The molecular formula is C19H28N4. The summed E-state index contributed by atoms with van der Waals surface area (Å²) >= 11 is 0. The third-order valence-corrected chi connectivity index (χ3v) is 5.21. The number of pyridine rings is 1. The number of hydrogen-bond acceptors (Lipinski definition) is 4. The summed E-state index contributed by atoms with van der Waals surface area (Å²) in [6, 6.07) is 7.08. The van der Waals surface area contributed by atoms with Crippen LogP contribution in [0.25, 0.3) is 10.9 Å². The van der Waals surface area contributed by atoms with Gasteiger partial charge in [0.25, 0.3) is 0 Å². The van der Waals surface area contributed by atoms with Gasteiger partial charge in [-0.25, -0.2) is 4.98 Å². The minimum Gasteiger partial charge on any atom is -0.368 e. The summed E-state index contributed by atoms with van der Waals surface area (Å²) in [7, 11) is 4.41. The summed E-state index contributed by atoms with van der Waals surface area (Å²) in [6.07, 6.45) is 0. The Kier molecular flexibility index (Phi) is 4.55. The van der Waals surface area contributed by atoms with E-state index in [1.165, 1.54) is 22.1 Å². The summed E-state index contributed by atoms with van der Waals surface area (Å²) < 4.78 is 0. The molecule has 1 aliphatic heterocycles. The fourth-order valence-corrected chi connectivity index (χ4v) is 3.33. The Bertz CT molecular complexity index is 710. The number of benzene rings is 1. The molecule has 0 amide bonds. The first-order valence-corrected chi connectivity index (χ1v) is 8.46. The van der Waals surface area contributed by atoms with Crippen molar-refractivity contribution in [2.75, 3.05) is 45.6 Å². The smallest absolute Gasteiger partial charge is 0.126 e. The Labute approximate surface area is 139 Å². The van der Waals surface area contributed by atoms with E-state index >= 15 is 0 Å². The zero-order valence-electron chi connectivity index (χ0n) is 15.0. The highest BCUT2D eigenvalue weighted by molar-refractivity contribution is 5.87. The molecule has 0 radical (unpaired) electrons. The maximum Gasteiger partial charge on any atom is 0.126 e. The molecule has 4 nitrogen and oxygen atoms in total. The van der Waals surface area contributed by atoms with E-state index in [1.54, 1.807) is 0 Å². The number of hydrogen-bond donors (Lipinski definition) is 1. The lowest BCUT2D eigenvalue weighted by Crippen LogP contribution is -2.52. The third-order valence-electron chi connectivity index (χ3n) is 5.21.